The molecule has 3 aromatic carbocycles. The minimum Gasteiger partial charge on any atom is -0.106 e. The molecule has 0 aliphatic rings. The third kappa shape index (κ3) is 2.75. The van der Waals surface area contributed by atoms with Gasteiger partial charge in [-0.15, -0.1) is 20.8 Å². The first kappa shape index (κ1) is 14.3. The van der Waals surface area contributed by atoms with E-state index in [4.69, 9.17) is 11.6 Å². The summed E-state index contributed by atoms with van der Waals surface area (Å²) in [5.41, 5.74) is 3.23. The van der Waals surface area contributed by atoms with E-state index in [1.165, 1.54) is 0 Å². The van der Waals surface area contributed by atoms with Crippen LogP contribution in [0.5, 0.6) is 0 Å². The molecule has 0 heterocycles. The van der Waals surface area contributed by atoms with Gasteiger partial charge in [0.2, 0.25) is 0 Å². The Kier molecular flexibility index (Phi) is 4.10. The zero-order chi connectivity index (χ0) is 14.7. The maximum absolute atomic E-state index is 7.16. The lowest BCUT2D eigenvalue weighted by Gasteiger charge is -2.29. The average molecular weight is 311 g/mol. The van der Waals surface area contributed by atoms with Gasteiger partial charge in [-0.05, 0) is 22.0 Å². The van der Waals surface area contributed by atoms with Gasteiger partial charge in [0.25, 0.3) is 0 Å². The predicted molar refractivity (Wildman–Crippen MR) is 94.4 cm³/mol. The molecule has 0 saturated carbocycles. The molecule has 0 N–H and O–H groups in total. The van der Waals surface area contributed by atoms with Gasteiger partial charge < -0.3 is 0 Å². The molecule has 3 rings (SSSR count). The van der Waals surface area contributed by atoms with Gasteiger partial charge in [-0.3, -0.25) is 0 Å². The van der Waals surface area contributed by atoms with E-state index in [0.717, 1.165) is 22.0 Å². The Balaban J connectivity index is 2.23. The van der Waals surface area contributed by atoms with Crippen LogP contribution in [-0.2, 0) is 4.87 Å². The number of hydrogen-bond donors (Lipinski definition) is 0. The highest BCUT2D eigenvalue weighted by Crippen LogP contribution is 2.42. The number of benzene rings is 3. The first-order valence-electron chi connectivity index (χ1n) is 6.87. The molecular weight excluding hydrogens is 295 g/mol. The Morgan fingerprint density at radius 1 is 0.571 bits per heavy atom. The summed E-state index contributed by atoms with van der Waals surface area (Å²) in [7, 11) is 2.71. The van der Waals surface area contributed by atoms with Gasteiger partial charge in [-0.1, -0.05) is 84.9 Å². The number of alkyl halides is 1. The number of rotatable bonds is 3. The molecule has 0 spiro atoms. The van der Waals surface area contributed by atoms with Crippen molar-refractivity contribution in [1.29, 1.82) is 0 Å². The molecule has 2 heteroatoms. The molecule has 3 aromatic rings. The molecule has 0 fully saturated rings. The highest BCUT2D eigenvalue weighted by atomic mass is 35.5. The van der Waals surface area contributed by atoms with Crippen molar-refractivity contribution in [2.75, 3.05) is 0 Å². The fourth-order valence-corrected chi connectivity index (χ4v) is 3.12. The predicted octanol–water partition coefficient (Wildman–Crippen LogP) is 4.72. The van der Waals surface area contributed by atoms with Crippen LogP contribution in [0.3, 0.4) is 0 Å². The van der Waals surface area contributed by atoms with E-state index >= 15 is 0 Å². The average Bonchev–Trinajstić information content (AvgIpc) is 2.56. The van der Waals surface area contributed by atoms with Gasteiger partial charge in [-0.2, -0.15) is 0 Å². The molecule has 0 aliphatic carbocycles. The van der Waals surface area contributed by atoms with Crippen molar-refractivity contribution < 1.29 is 0 Å². The Labute approximate surface area is 133 Å². The van der Waals surface area contributed by atoms with Crippen molar-refractivity contribution in [2.24, 2.45) is 0 Å². The van der Waals surface area contributed by atoms with E-state index in [-0.39, 0.29) is 0 Å². The molecule has 1 atom stereocenters. The van der Waals surface area contributed by atoms with Crippen molar-refractivity contribution in [3.05, 3.63) is 102 Å². The van der Waals surface area contributed by atoms with Gasteiger partial charge >= 0.3 is 0 Å². The van der Waals surface area contributed by atoms with Crippen molar-refractivity contribution in [3.63, 3.8) is 0 Å². The fourth-order valence-electron chi connectivity index (χ4n) is 2.55. The minimum atomic E-state index is -0.666. The zero-order valence-corrected chi connectivity index (χ0v) is 13.4. The Bertz CT molecular complexity index is 666. The van der Waals surface area contributed by atoms with Crippen LogP contribution in [-0.4, -0.2) is 0 Å². The normalized spacial score (nSPS) is 11.3. The number of halogens is 1. The summed E-state index contributed by atoms with van der Waals surface area (Å²) in [6, 6.07) is 28.8. The molecule has 0 amide bonds. The Morgan fingerprint density at radius 2 is 0.952 bits per heavy atom. The maximum atomic E-state index is 7.16. The quantitative estimate of drug-likeness (QED) is 0.373. The molecule has 0 radical (unpaired) electrons. The molecule has 0 nitrogen and oxygen atoms in total. The molecule has 21 heavy (non-hydrogen) atoms. The van der Waals surface area contributed by atoms with Crippen LogP contribution >= 0.6 is 20.8 Å². The summed E-state index contributed by atoms with van der Waals surface area (Å²) >= 11 is 7.16. The first-order valence-corrected chi connectivity index (χ1v) is 7.83. The summed E-state index contributed by atoms with van der Waals surface area (Å²) in [6.07, 6.45) is 0. The highest BCUT2D eigenvalue weighted by molar-refractivity contribution is 7.27. The summed E-state index contributed by atoms with van der Waals surface area (Å²) in [5, 5.41) is 1.15. The second-order valence-electron chi connectivity index (χ2n) is 5.01. The Morgan fingerprint density at radius 3 is 1.38 bits per heavy atom. The topological polar surface area (TPSA) is 0 Å². The van der Waals surface area contributed by atoms with Gasteiger partial charge in [0.15, 0.2) is 0 Å². The molecular formula is C19H16ClP. The molecule has 0 aliphatic heterocycles. The zero-order valence-electron chi connectivity index (χ0n) is 11.5. The van der Waals surface area contributed by atoms with Crippen LogP contribution in [0, 0.1) is 0 Å². The second kappa shape index (κ2) is 6.02. The van der Waals surface area contributed by atoms with E-state index in [1.807, 2.05) is 36.4 Å². The van der Waals surface area contributed by atoms with E-state index < -0.39 is 4.87 Å². The first-order chi connectivity index (χ1) is 10.2. The van der Waals surface area contributed by atoms with Crippen LogP contribution < -0.4 is 5.30 Å². The minimum absolute atomic E-state index is 0.666. The SMILES string of the molecule is Pc1ccc(C(Cl)(c2ccccc2)c2ccccc2)cc1. The Hall–Kier alpha value is -1.62. The molecule has 0 aromatic heterocycles. The van der Waals surface area contributed by atoms with Gasteiger partial charge in [-0.25, -0.2) is 0 Å². The van der Waals surface area contributed by atoms with Crippen LogP contribution in [0.2, 0.25) is 0 Å². The van der Waals surface area contributed by atoms with E-state index in [1.54, 1.807) is 0 Å². The lowest BCUT2D eigenvalue weighted by atomic mass is 9.84. The van der Waals surface area contributed by atoms with Crippen LogP contribution in [0.1, 0.15) is 16.7 Å². The second-order valence-corrected chi connectivity index (χ2v) is 6.25. The largest absolute Gasteiger partial charge is 0.119 e. The van der Waals surface area contributed by atoms with Crippen LogP contribution in [0.15, 0.2) is 84.9 Å². The third-order valence-corrected chi connectivity index (χ3v) is 4.69. The highest BCUT2D eigenvalue weighted by Gasteiger charge is 2.33. The molecule has 104 valence electrons. The molecule has 0 bridgehead atoms. The molecule has 1 unspecified atom stereocenters. The van der Waals surface area contributed by atoms with E-state index in [2.05, 4.69) is 57.8 Å². The van der Waals surface area contributed by atoms with Crippen molar-refractivity contribution in [2.45, 2.75) is 4.87 Å². The smallest absolute Gasteiger partial charge is 0.106 e. The van der Waals surface area contributed by atoms with Crippen molar-refractivity contribution in [1.82, 2.24) is 0 Å². The summed E-state index contributed by atoms with van der Waals surface area (Å²) < 4.78 is 0. The molecule has 0 saturated heterocycles. The monoisotopic (exact) mass is 310 g/mol. The van der Waals surface area contributed by atoms with Crippen LogP contribution in [0.25, 0.3) is 0 Å². The van der Waals surface area contributed by atoms with Gasteiger partial charge in [0.05, 0.1) is 0 Å². The van der Waals surface area contributed by atoms with Gasteiger partial charge in [0, 0.05) is 0 Å². The van der Waals surface area contributed by atoms with Crippen molar-refractivity contribution in [3.8, 4) is 0 Å². The fraction of sp³-hybridized carbons (Fsp3) is 0.0526. The van der Waals surface area contributed by atoms with E-state index in [0.29, 0.717) is 0 Å². The third-order valence-electron chi connectivity index (χ3n) is 3.65. The lowest BCUT2D eigenvalue weighted by Crippen LogP contribution is -2.22. The summed E-state index contributed by atoms with van der Waals surface area (Å²) in [6.45, 7) is 0. The van der Waals surface area contributed by atoms with E-state index in [9.17, 15) is 0 Å². The summed E-state index contributed by atoms with van der Waals surface area (Å²) in [4.78, 5) is -0.666. The lowest BCUT2D eigenvalue weighted by molar-refractivity contribution is 0.880. The maximum Gasteiger partial charge on any atom is 0.119 e. The van der Waals surface area contributed by atoms with Crippen LogP contribution in [0.4, 0.5) is 0 Å². The summed E-state index contributed by atoms with van der Waals surface area (Å²) in [5.74, 6) is 0. The number of hydrogen-bond acceptors (Lipinski definition) is 0. The standard InChI is InChI=1S/C19H16ClP/c20-19(15-7-3-1-4-8-15,16-9-5-2-6-10-16)17-11-13-18(21)14-12-17/h1-14H,21H2. The van der Waals surface area contributed by atoms with Crippen molar-refractivity contribution >= 4 is 26.1 Å². The van der Waals surface area contributed by atoms with Gasteiger partial charge in [0.1, 0.15) is 4.87 Å².